The van der Waals surface area contributed by atoms with E-state index in [0.717, 1.165) is 11.3 Å². The number of nitrogens with zero attached hydrogens (tertiary/aromatic N) is 2. The van der Waals surface area contributed by atoms with Gasteiger partial charge in [-0.25, -0.2) is 0 Å². The minimum atomic E-state index is -0.821. The zero-order valence-corrected chi connectivity index (χ0v) is 14.5. The van der Waals surface area contributed by atoms with Gasteiger partial charge in [-0.2, -0.15) is 5.10 Å². The van der Waals surface area contributed by atoms with Gasteiger partial charge in [-0.15, -0.1) is 0 Å². The van der Waals surface area contributed by atoms with E-state index in [1.807, 2.05) is 32.9 Å². The summed E-state index contributed by atoms with van der Waals surface area (Å²) in [5.74, 6) is -1.04. The van der Waals surface area contributed by atoms with Gasteiger partial charge in [0.2, 0.25) is 0 Å². The lowest BCUT2D eigenvalue weighted by Gasteiger charge is -2.13. The van der Waals surface area contributed by atoms with Gasteiger partial charge < -0.3 is 10.4 Å². The first kappa shape index (κ1) is 17.7. The van der Waals surface area contributed by atoms with E-state index in [0.29, 0.717) is 17.8 Å². The number of rotatable bonds is 5. The normalized spacial score (nSPS) is 11.3. The molecular weight excluding hydrogens is 306 g/mol. The van der Waals surface area contributed by atoms with Crippen LogP contribution in [0.2, 0.25) is 0 Å². The van der Waals surface area contributed by atoms with Crippen molar-refractivity contribution in [1.82, 2.24) is 9.78 Å². The largest absolute Gasteiger partial charge is 0.481 e. The molecule has 0 aliphatic rings. The van der Waals surface area contributed by atoms with E-state index in [9.17, 15) is 9.59 Å². The predicted octanol–water partition coefficient (Wildman–Crippen LogP) is 2.99. The van der Waals surface area contributed by atoms with E-state index in [-0.39, 0.29) is 17.7 Å². The number of carbonyl (C=O) groups excluding carboxylic acids is 1. The van der Waals surface area contributed by atoms with Gasteiger partial charge in [0.1, 0.15) is 5.69 Å². The van der Waals surface area contributed by atoms with E-state index in [1.54, 1.807) is 29.9 Å². The van der Waals surface area contributed by atoms with E-state index >= 15 is 0 Å². The first-order valence-corrected chi connectivity index (χ1v) is 7.83. The SMILES string of the molecule is Cn1nc(C(C)(C)C)cc1C(=O)Nc1ccc(CCC(=O)O)cc1. The van der Waals surface area contributed by atoms with Gasteiger partial charge in [0.15, 0.2) is 0 Å². The number of hydrogen-bond donors (Lipinski definition) is 2. The highest BCUT2D eigenvalue weighted by Crippen LogP contribution is 2.22. The molecule has 0 unspecified atom stereocenters. The monoisotopic (exact) mass is 329 g/mol. The van der Waals surface area contributed by atoms with Crippen LogP contribution in [0.1, 0.15) is 48.9 Å². The summed E-state index contributed by atoms with van der Waals surface area (Å²) in [5, 5.41) is 15.9. The maximum Gasteiger partial charge on any atom is 0.303 e. The number of benzene rings is 1. The highest BCUT2D eigenvalue weighted by atomic mass is 16.4. The van der Waals surface area contributed by atoms with Crippen LogP contribution in [0, 0.1) is 0 Å². The quantitative estimate of drug-likeness (QED) is 0.883. The number of amides is 1. The van der Waals surface area contributed by atoms with Crippen LogP contribution >= 0.6 is 0 Å². The Labute approximate surface area is 141 Å². The van der Waals surface area contributed by atoms with E-state index in [1.165, 1.54) is 0 Å². The molecule has 0 bridgehead atoms. The van der Waals surface area contributed by atoms with Gasteiger partial charge in [-0.1, -0.05) is 32.9 Å². The molecule has 128 valence electrons. The third-order valence-corrected chi connectivity index (χ3v) is 3.72. The van der Waals surface area contributed by atoms with Gasteiger partial charge in [-0.05, 0) is 30.2 Å². The Morgan fingerprint density at radius 2 is 1.83 bits per heavy atom. The number of hydrogen-bond acceptors (Lipinski definition) is 3. The van der Waals surface area contributed by atoms with Crippen molar-refractivity contribution in [2.24, 2.45) is 7.05 Å². The highest BCUT2D eigenvalue weighted by molar-refractivity contribution is 6.03. The second-order valence-corrected chi connectivity index (χ2v) is 6.83. The summed E-state index contributed by atoms with van der Waals surface area (Å²) in [7, 11) is 1.75. The molecule has 1 amide bonds. The standard InChI is InChI=1S/C18H23N3O3/c1-18(2,3)15-11-14(21(4)20-15)17(24)19-13-8-5-12(6-9-13)7-10-16(22)23/h5-6,8-9,11H,7,10H2,1-4H3,(H,19,24)(H,22,23). The number of anilines is 1. The molecule has 0 spiro atoms. The second kappa shape index (κ2) is 6.86. The van der Waals surface area contributed by atoms with Crippen molar-refractivity contribution in [1.29, 1.82) is 0 Å². The van der Waals surface area contributed by atoms with Crippen LogP contribution in [-0.2, 0) is 23.7 Å². The lowest BCUT2D eigenvalue weighted by molar-refractivity contribution is -0.136. The Balaban J connectivity index is 2.07. The first-order chi connectivity index (χ1) is 11.2. The molecule has 2 aromatic rings. The zero-order chi connectivity index (χ0) is 17.9. The van der Waals surface area contributed by atoms with Gasteiger partial charge in [-0.3, -0.25) is 14.3 Å². The van der Waals surface area contributed by atoms with E-state index in [4.69, 9.17) is 5.11 Å². The summed E-state index contributed by atoms with van der Waals surface area (Å²) in [6.07, 6.45) is 0.566. The fraction of sp³-hybridized carbons (Fsp3) is 0.389. The van der Waals surface area contributed by atoms with Crippen LogP contribution in [0.25, 0.3) is 0 Å². The lowest BCUT2D eigenvalue weighted by Crippen LogP contribution is -2.16. The average molecular weight is 329 g/mol. The van der Waals surface area contributed by atoms with Gasteiger partial charge in [0.05, 0.1) is 5.69 Å². The van der Waals surface area contributed by atoms with Crippen molar-refractivity contribution < 1.29 is 14.7 Å². The number of carboxylic acid groups (broad SMARTS) is 1. The molecule has 0 radical (unpaired) electrons. The molecule has 0 saturated heterocycles. The third-order valence-electron chi connectivity index (χ3n) is 3.72. The molecule has 6 nitrogen and oxygen atoms in total. The van der Waals surface area contributed by atoms with Crippen LogP contribution in [-0.4, -0.2) is 26.8 Å². The average Bonchev–Trinajstić information content (AvgIpc) is 2.88. The predicted molar refractivity (Wildman–Crippen MR) is 92.3 cm³/mol. The van der Waals surface area contributed by atoms with Crippen molar-refractivity contribution >= 4 is 17.6 Å². The Hall–Kier alpha value is -2.63. The summed E-state index contributed by atoms with van der Waals surface area (Å²) in [6, 6.07) is 8.99. The van der Waals surface area contributed by atoms with Crippen LogP contribution in [0.15, 0.2) is 30.3 Å². The minimum Gasteiger partial charge on any atom is -0.481 e. The van der Waals surface area contributed by atoms with Crippen molar-refractivity contribution in [2.45, 2.75) is 39.0 Å². The minimum absolute atomic E-state index is 0.0936. The van der Waals surface area contributed by atoms with Crippen molar-refractivity contribution in [3.8, 4) is 0 Å². The van der Waals surface area contributed by atoms with Crippen LogP contribution in [0.3, 0.4) is 0 Å². The van der Waals surface area contributed by atoms with Gasteiger partial charge in [0.25, 0.3) is 5.91 Å². The summed E-state index contributed by atoms with van der Waals surface area (Å²) >= 11 is 0. The van der Waals surface area contributed by atoms with Crippen molar-refractivity contribution in [3.63, 3.8) is 0 Å². The first-order valence-electron chi connectivity index (χ1n) is 7.83. The molecule has 1 aromatic carbocycles. The molecule has 2 N–H and O–H groups in total. The molecule has 2 rings (SSSR count). The van der Waals surface area contributed by atoms with E-state index in [2.05, 4.69) is 10.4 Å². The van der Waals surface area contributed by atoms with Crippen LogP contribution < -0.4 is 5.32 Å². The van der Waals surface area contributed by atoms with Crippen LogP contribution in [0.4, 0.5) is 5.69 Å². The molecule has 0 aliphatic carbocycles. The smallest absolute Gasteiger partial charge is 0.303 e. The fourth-order valence-corrected chi connectivity index (χ4v) is 2.25. The number of carboxylic acids is 1. The third kappa shape index (κ3) is 4.44. The zero-order valence-electron chi connectivity index (χ0n) is 14.5. The number of aliphatic carboxylic acids is 1. The molecule has 6 heteroatoms. The van der Waals surface area contributed by atoms with Gasteiger partial charge >= 0.3 is 5.97 Å². The van der Waals surface area contributed by atoms with Gasteiger partial charge in [0, 0.05) is 24.6 Å². The molecule has 24 heavy (non-hydrogen) atoms. The molecular formula is C18H23N3O3. The topological polar surface area (TPSA) is 84.2 Å². The second-order valence-electron chi connectivity index (χ2n) is 6.83. The molecule has 1 heterocycles. The number of aryl methyl sites for hydroxylation is 2. The summed E-state index contributed by atoms with van der Waals surface area (Å²) in [4.78, 5) is 23.0. The molecule has 0 fully saturated rings. The number of nitrogens with one attached hydrogen (secondary N) is 1. The summed E-state index contributed by atoms with van der Waals surface area (Å²) in [6.45, 7) is 6.15. The lowest BCUT2D eigenvalue weighted by atomic mass is 9.92. The molecule has 0 atom stereocenters. The number of carbonyl (C=O) groups is 2. The Kier molecular flexibility index (Phi) is 5.07. The Morgan fingerprint density at radius 3 is 2.33 bits per heavy atom. The summed E-state index contributed by atoms with van der Waals surface area (Å²) < 4.78 is 1.58. The van der Waals surface area contributed by atoms with Crippen LogP contribution in [0.5, 0.6) is 0 Å². The fourth-order valence-electron chi connectivity index (χ4n) is 2.25. The molecule has 0 saturated carbocycles. The highest BCUT2D eigenvalue weighted by Gasteiger charge is 2.21. The van der Waals surface area contributed by atoms with E-state index < -0.39 is 5.97 Å². The Morgan fingerprint density at radius 1 is 1.21 bits per heavy atom. The Bertz CT molecular complexity index is 740. The van der Waals surface area contributed by atoms with Crippen molar-refractivity contribution in [2.75, 3.05) is 5.32 Å². The molecule has 1 aromatic heterocycles. The van der Waals surface area contributed by atoms with Crippen molar-refractivity contribution in [3.05, 3.63) is 47.3 Å². The maximum absolute atomic E-state index is 12.4. The summed E-state index contributed by atoms with van der Waals surface area (Å²) in [5.41, 5.74) is 2.82. The number of aromatic nitrogens is 2. The maximum atomic E-state index is 12.4. The molecule has 0 aliphatic heterocycles.